The summed E-state index contributed by atoms with van der Waals surface area (Å²) in [6.07, 6.45) is -1.85. The molecule has 4 N–H and O–H groups in total. The third-order valence-corrected chi connectivity index (χ3v) is 7.98. The predicted molar refractivity (Wildman–Crippen MR) is 117 cm³/mol. The molecule has 1 aromatic rings. The van der Waals surface area contributed by atoms with E-state index in [4.69, 9.17) is 29.9 Å². The van der Waals surface area contributed by atoms with Crippen LogP contribution in [0.15, 0.2) is 23.8 Å². The zero-order valence-corrected chi connectivity index (χ0v) is 18.3. The van der Waals surface area contributed by atoms with Crippen LogP contribution in [0.4, 0.5) is 0 Å². The number of benzene rings is 1. The van der Waals surface area contributed by atoms with Crippen molar-refractivity contribution >= 4 is 17.4 Å². The lowest BCUT2D eigenvalue weighted by molar-refractivity contribution is -0.277. The van der Waals surface area contributed by atoms with E-state index in [0.29, 0.717) is 23.2 Å². The molecule has 4 aliphatic carbocycles. The van der Waals surface area contributed by atoms with Crippen molar-refractivity contribution in [2.75, 3.05) is 13.6 Å². The molecule has 1 aromatic carbocycles. The summed E-state index contributed by atoms with van der Waals surface area (Å²) in [6.45, 7) is -0.591. The lowest BCUT2D eigenvalue weighted by atomic mass is 9.54. The summed E-state index contributed by atoms with van der Waals surface area (Å²) in [4.78, 5) is 0. The molecular weight excluding hydrogens is 436 g/mol. The summed E-state index contributed by atoms with van der Waals surface area (Å²) in [6, 6.07) is 4.78. The second-order valence-corrected chi connectivity index (χ2v) is 10.1. The van der Waals surface area contributed by atoms with Crippen LogP contribution in [0.5, 0.6) is 5.75 Å². The van der Waals surface area contributed by atoms with Gasteiger partial charge in [-0.05, 0) is 79.5 Å². The highest BCUT2D eigenvalue weighted by molar-refractivity contribution is 6.32. The fourth-order valence-corrected chi connectivity index (χ4v) is 6.53. The normalized spacial score (nSPS) is 42.2. The highest BCUT2D eigenvalue weighted by Crippen LogP contribution is 2.58. The largest absolute Gasteiger partial charge is 0.496 e. The molecule has 5 atom stereocenters. The fraction of sp³-hybridized carbons (Fsp3) is 0.667. The number of hydrogen-bond acceptors (Lipinski definition) is 7. The van der Waals surface area contributed by atoms with Gasteiger partial charge in [-0.15, -0.1) is 0 Å². The Morgan fingerprint density at radius 2 is 1.75 bits per heavy atom. The first kappa shape index (κ1) is 19.0. The fourth-order valence-electron chi connectivity index (χ4n) is 6.37. The summed E-state index contributed by atoms with van der Waals surface area (Å²) >= 11 is 6.35. The van der Waals surface area contributed by atoms with Gasteiger partial charge in [0.15, 0.2) is 0 Å². The molecule has 4 saturated carbocycles. The lowest BCUT2D eigenvalue weighted by Crippen LogP contribution is -2.60. The quantitative estimate of drug-likeness (QED) is 0.490. The van der Waals surface area contributed by atoms with Crippen molar-refractivity contribution in [3.63, 3.8) is 0 Å². The van der Waals surface area contributed by atoms with Crippen molar-refractivity contribution in [2.45, 2.75) is 62.8 Å². The molecule has 0 spiro atoms. The topological polar surface area (TPSA) is 109 Å². The van der Waals surface area contributed by atoms with Crippen molar-refractivity contribution in [2.24, 2.45) is 23.7 Å². The number of ether oxygens (including phenoxy) is 3. The van der Waals surface area contributed by atoms with Crippen molar-refractivity contribution in [3.05, 3.63) is 34.4 Å². The summed E-state index contributed by atoms with van der Waals surface area (Å²) in [5.74, 6) is 2.36. The number of methoxy groups -OCH3 is 1. The Morgan fingerprint density at radius 3 is 2.38 bits per heavy atom. The molecule has 32 heavy (non-hydrogen) atoms. The van der Waals surface area contributed by atoms with Crippen LogP contribution in [0.25, 0.3) is 5.76 Å². The second kappa shape index (κ2) is 8.78. The van der Waals surface area contributed by atoms with E-state index in [1.807, 2.05) is 0 Å². The van der Waals surface area contributed by atoms with E-state index < -0.39 is 44.4 Å². The third kappa shape index (κ3) is 3.83. The van der Waals surface area contributed by atoms with Gasteiger partial charge >= 0.3 is 0 Å². The minimum absolute atomic E-state index is 0.0876. The Kier molecular flexibility index (Phi) is 5.22. The molecule has 4 bridgehead atoms. The van der Waals surface area contributed by atoms with Gasteiger partial charge in [-0.1, -0.05) is 11.6 Å². The average Bonchev–Trinajstić information content (AvgIpc) is 2.78. The van der Waals surface area contributed by atoms with Crippen LogP contribution in [0.1, 0.15) is 41.8 Å². The molecule has 6 rings (SSSR count). The van der Waals surface area contributed by atoms with Gasteiger partial charge in [-0.3, -0.25) is 0 Å². The second-order valence-electron chi connectivity index (χ2n) is 9.65. The van der Waals surface area contributed by atoms with Crippen LogP contribution in [0.3, 0.4) is 0 Å². The predicted octanol–water partition coefficient (Wildman–Crippen LogP) is 2.33. The minimum Gasteiger partial charge on any atom is -0.496 e. The van der Waals surface area contributed by atoms with E-state index in [2.05, 4.69) is 0 Å². The summed E-state index contributed by atoms with van der Waals surface area (Å²) in [5, 5.41) is 40.1. The van der Waals surface area contributed by atoms with Crippen molar-refractivity contribution < 1.29 is 38.7 Å². The maximum absolute atomic E-state index is 10.4. The van der Waals surface area contributed by atoms with E-state index >= 15 is 0 Å². The highest BCUT2D eigenvalue weighted by Gasteiger charge is 2.47. The lowest BCUT2D eigenvalue weighted by Gasteiger charge is -2.51. The first-order chi connectivity index (χ1) is 16.5. The van der Waals surface area contributed by atoms with Gasteiger partial charge in [-0.25, -0.2) is 0 Å². The third-order valence-electron chi connectivity index (χ3n) is 7.67. The number of aliphatic hydroxyl groups is 4. The standard InChI is InChI=1S/C24H31ClO7/c1-30-23(19-14-5-11-4-12(7-14)8-15(19)6-11)13-2-3-16(25)17(9-13)31-24-22(29)21(28)20(27)18(10-26)32-24/h2-3,9,11-12,14-15,18,20-22,24,26-29H,4-8,10H2,1H3/t11?,12?,14?,15?,18?,20-,21-,22?,24+/m0/s1/i1D3. The molecule has 7 nitrogen and oxygen atoms in total. The average molecular weight is 470 g/mol. The zero-order valence-electron chi connectivity index (χ0n) is 20.6. The van der Waals surface area contributed by atoms with Gasteiger partial charge in [-0.2, -0.15) is 0 Å². The monoisotopic (exact) mass is 469 g/mol. The summed E-state index contributed by atoms with van der Waals surface area (Å²) in [7, 11) is -2.64. The number of aliphatic hydroxyl groups excluding tert-OH is 4. The van der Waals surface area contributed by atoms with Gasteiger partial charge in [0.1, 0.15) is 35.9 Å². The molecule has 0 radical (unpaired) electrons. The molecule has 0 amide bonds. The van der Waals surface area contributed by atoms with Crippen LogP contribution in [0.2, 0.25) is 5.02 Å². The van der Waals surface area contributed by atoms with Gasteiger partial charge in [0.2, 0.25) is 6.29 Å². The van der Waals surface area contributed by atoms with Crippen LogP contribution < -0.4 is 4.74 Å². The van der Waals surface area contributed by atoms with E-state index in [9.17, 15) is 20.4 Å². The number of rotatable bonds is 5. The molecule has 1 aliphatic heterocycles. The molecule has 5 fully saturated rings. The van der Waals surface area contributed by atoms with Gasteiger partial charge in [0.05, 0.1) is 22.8 Å². The van der Waals surface area contributed by atoms with Crippen molar-refractivity contribution in [3.8, 4) is 5.75 Å². The van der Waals surface area contributed by atoms with Gasteiger partial charge < -0.3 is 34.6 Å². The molecule has 1 saturated heterocycles. The Bertz CT molecular complexity index is 952. The Hall–Kier alpha value is -1.35. The number of allylic oxidation sites excluding steroid dienone is 1. The molecule has 5 aliphatic rings. The first-order valence-electron chi connectivity index (χ1n) is 12.7. The van der Waals surface area contributed by atoms with Gasteiger partial charge in [0, 0.05) is 5.56 Å². The van der Waals surface area contributed by atoms with Gasteiger partial charge in [0.25, 0.3) is 0 Å². The molecular formula is C24H31ClO7. The van der Waals surface area contributed by atoms with Crippen molar-refractivity contribution in [1.29, 1.82) is 0 Å². The van der Waals surface area contributed by atoms with E-state index in [-0.39, 0.29) is 22.6 Å². The van der Waals surface area contributed by atoms with Crippen molar-refractivity contribution in [1.82, 2.24) is 0 Å². The smallest absolute Gasteiger partial charge is 0.229 e. The van der Waals surface area contributed by atoms with E-state index in [1.165, 1.54) is 6.42 Å². The Labute approximate surface area is 196 Å². The maximum Gasteiger partial charge on any atom is 0.229 e. The molecule has 8 heteroatoms. The van der Waals surface area contributed by atoms with Crippen LogP contribution in [-0.2, 0) is 9.47 Å². The van der Waals surface area contributed by atoms with E-state index in [1.54, 1.807) is 18.2 Å². The van der Waals surface area contributed by atoms with E-state index in [0.717, 1.165) is 31.3 Å². The zero-order chi connectivity index (χ0) is 25.1. The Balaban J connectivity index is 1.49. The van der Waals surface area contributed by atoms with Crippen LogP contribution >= 0.6 is 11.6 Å². The molecule has 1 heterocycles. The molecule has 0 aromatic heterocycles. The molecule has 176 valence electrons. The number of halogens is 1. The summed E-state index contributed by atoms with van der Waals surface area (Å²) < 4.78 is 40.2. The minimum atomic E-state index is -2.64. The van der Waals surface area contributed by atoms with Crippen LogP contribution in [-0.4, -0.2) is 64.8 Å². The maximum atomic E-state index is 10.4. The molecule has 2 unspecified atom stereocenters. The summed E-state index contributed by atoms with van der Waals surface area (Å²) in [5.41, 5.74) is 1.54. The van der Waals surface area contributed by atoms with Crippen LogP contribution in [0, 0.1) is 23.7 Å². The first-order valence-corrected chi connectivity index (χ1v) is 11.6. The number of hydrogen-bond donors (Lipinski definition) is 4. The Morgan fingerprint density at radius 1 is 1.06 bits per heavy atom. The highest BCUT2D eigenvalue weighted by atomic mass is 35.5. The SMILES string of the molecule is [2H]C([2H])([2H])OC(=C1C2CC3CC(C2)CC1C3)c1ccc(Cl)c(O[C@@H]2OC(CO)[C@H](O)[C@H](O)C2O)c1.